The van der Waals surface area contributed by atoms with Crippen LogP contribution in [0.25, 0.3) is 10.6 Å². The van der Waals surface area contributed by atoms with Crippen LogP contribution in [0.5, 0.6) is 0 Å². The second-order valence-corrected chi connectivity index (χ2v) is 9.47. The lowest BCUT2D eigenvalue weighted by molar-refractivity contribution is 0.0858. The summed E-state index contributed by atoms with van der Waals surface area (Å²) in [5, 5.41) is 12.3. The van der Waals surface area contributed by atoms with Crippen molar-refractivity contribution in [3.05, 3.63) is 45.3 Å². The minimum Gasteiger partial charge on any atom is -0.376 e. The van der Waals surface area contributed by atoms with Gasteiger partial charge in [0, 0.05) is 24.1 Å². The van der Waals surface area contributed by atoms with Crippen LogP contribution in [0.3, 0.4) is 0 Å². The van der Waals surface area contributed by atoms with E-state index in [0.29, 0.717) is 22.9 Å². The topological polar surface area (TPSA) is 93.5 Å². The smallest absolute Gasteiger partial charge is 0.278 e. The first-order valence-corrected chi connectivity index (χ1v) is 11.7. The molecular weight excluding hydrogens is 422 g/mol. The van der Waals surface area contributed by atoms with Gasteiger partial charge in [-0.3, -0.25) is 9.59 Å². The summed E-state index contributed by atoms with van der Waals surface area (Å²) in [6.45, 7) is 1.24. The average Bonchev–Trinajstić information content (AvgIpc) is 3.54. The van der Waals surface area contributed by atoms with Gasteiger partial charge in [-0.1, -0.05) is 11.2 Å². The normalized spacial score (nSPS) is 17.8. The van der Waals surface area contributed by atoms with E-state index in [1.54, 1.807) is 6.07 Å². The van der Waals surface area contributed by atoms with Crippen LogP contribution in [0.15, 0.2) is 28.1 Å². The summed E-state index contributed by atoms with van der Waals surface area (Å²) in [6, 6.07) is 5.45. The third-order valence-corrected chi connectivity index (χ3v) is 7.49. The van der Waals surface area contributed by atoms with E-state index in [0.717, 1.165) is 49.2 Å². The molecule has 0 spiro atoms. The number of hydrogen-bond acceptors (Lipinski definition) is 7. The molecule has 2 amide bonds. The van der Waals surface area contributed by atoms with E-state index in [4.69, 9.17) is 9.26 Å². The molecule has 0 saturated carbocycles. The molecule has 1 aliphatic carbocycles. The second kappa shape index (κ2) is 8.33. The van der Waals surface area contributed by atoms with Crippen LogP contribution in [-0.2, 0) is 17.6 Å². The molecule has 1 atom stereocenters. The van der Waals surface area contributed by atoms with E-state index in [2.05, 4.69) is 15.8 Å². The predicted molar refractivity (Wildman–Crippen MR) is 115 cm³/mol. The van der Waals surface area contributed by atoms with Crippen molar-refractivity contribution in [2.75, 3.05) is 18.5 Å². The fraction of sp³-hybridized carbons (Fsp3) is 0.381. The molecule has 5 rings (SSSR count). The van der Waals surface area contributed by atoms with E-state index in [1.807, 2.05) is 17.5 Å². The highest BCUT2D eigenvalue weighted by molar-refractivity contribution is 7.17. The summed E-state index contributed by atoms with van der Waals surface area (Å²) in [5.74, 6) is 0.0210. The Morgan fingerprint density at radius 3 is 2.97 bits per heavy atom. The predicted octanol–water partition coefficient (Wildman–Crippen LogP) is 4.11. The number of thiophene rings is 2. The summed E-state index contributed by atoms with van der Waals surface area (Å²) in [5.41, 5.74) is 1.83. The highest BCUT2D eigenvalue weighted by atomic mass is 32.1. The lowest BCUT2D eigenvalue weighted by Crippen LogP contribution is -2.32. The van der Waals surface area contributed by atoms with Crippen LogP contribution >= 0.6 is 22.7 Å². The van der Waals surface area contributed by atoms with E-state index < -0.39 is 0 Å². The van der Waals surface area contributed by atoms with Crippen LogP contribution in [0, 0.1) is 0 Å². The van der Waals surface area contributed by atoms with Crippen LogP contribution < -0.4 is 10.6 Å². The van der Waals surface area contributed by atoms with Gasteiger partial charge in [-0.15, -0.1) is 22.7 Å². The molecule has 0 bridgehead atoms. The number of nitrogens with zero attached hydrogens (tertiary/aromatic N) is 1. The molecule has 7 nitrogen and oxygen atoms in total. The van der Waals surface area contributed by atoms with Crippen molar-refractivity contribution in [1.82, 2.24) is 10.5 Å². The minimum atomic E-state index is -0.380. The van der Waals surface area contributed by atoms with Gasteiger partial charge < -0.3 is 19.9 Å². The van der Waals surface area contributed by atoms with E-state index >= 15 is 0 Å². The fourth-order valence-corrected chi connectivity index (χ4v) is 5.87. The maximum absolute atomic E-state index is 13.0. The number of carbonyl (C=O) groups excluding carboxylic acids is 2. The van der Waals surface area contributed by atoms with Crippen LogP contribution in [0.1, 0.15) is 50.5 Å². The maximum Gasteiger partial charge on any atom is 0.278 e. The Bertz CT molecular complexity index is 1060. The zero-order chi connectivity index (χ0) is 20.5. The monoisotopic (exact) mass is 443 g/mol. The minimum absolute atomic E-state index is 0.0736. The lowest BCUT2D eigenvalue weighted by Gasteiger charge is -2.12. The summed E-state index contributed by atoms with van der Waals surface area (Å²) in [7, 11) is 0. The Kier molecular flexibility index (Phi) is 5.41. The van der Waals surface area contributed by atoms with Crippen LogP contribution in [0.4, 0.5) is 5.00 Å². The Morgan fingerprint density at radius 1 is 1.23 bits per heavy atom. The standard InChI is InChI=1S/C21H21N3O4S2/c25-19(14-10-15(28-24-14)17-7-3-9-29-17)23-21-18(13-5-1-6-16(13)30-21)20(26)22-11-12-4-2-8-27-12/h3,7,9-10,12H,1-2,4-6,8,11H2,(H,22,26)(H,23,25)/t12-/m1/s1. The van der Waals surface area contributed by atoms with Crippen molar-refractivity contribution >= 4 is 39.5 Å². The Balaban J connectivity index is 1.34. The van der Waals surface area contributed by atoms with E-state index in [1.165, 1.54) is 27.6 Å². The highest BCUT2D eigenvalue weighted by Gasteiger charge is 2.29. The molecule has 0 aromatic carbocycles. The molecule has 2 aliphatic rings. The molecule has 3 aromatic heterocycles. The third-order valence-electron chi connectivity index (χ3n) is 5.40. The van der Waals surface area contributed by atoms with Crippen molar-refractivity contribution in [2.45, 2.75) is 38.2 Å². The van der Waals surface area contributed by atoms with Gasteiger partial charge >= 0.3 is 0 Å². The van der Waals surface area contributed by atoms with Gasteiger partial charge in [0.05, 0.1) is 16.5 Å². The number of ether oxygens (including phenoxy) is 1. The number of carbonyl (C=O) groups is 2. The molecule has 3 aromatic rings. The zero-order valence-corrected chi connectivity index (χ0v) is 17.9. The number of amides is 2. The van der Waals surface area contributed by atoms with Gasteiger partial charge in [-0.2, -0.15) is 0 Å². The maximum atomic E-state index is 13.0. The third kappa shape index (κ3) is 3.80. The number of hydrogen-bond donors (Lipinski definition) is 2. The number of fused-ring (bicyclic) bond motifs is 1. The quantitative estimate of drug-likeness (QED) is 0.598. The Hall–Kier alpha value is -2.49. The summed E-state index contributed by atoms with van der Waals surface area (Å²) < 4.78 is 10.9. The molecule has 4 heterocycles. The number of nitrogens with one attached hydrogen (secondary N) is 2. The average molecular weight is 444 g/mol. The number of aryl methyl sites for hydroxylation is 1. The van der Waals surface area contributed by atoms with Gasteiger partial charge in [0.15, 0.2) is 11.5 Å². The second-order valence-electron chi connectivity index (χ2n) is 7.41. The first-order chi connectivity index (χ1) is 14.7. The fourth-order valence-electron chi connectivity index (χ4n) is 3.92. The van der Waals surface area contributed by atoms with Crippen molar-refractivity contribution in [1.29, 1.82) is 0 Å². The molecule has 1 fully saturated rings. The first kappa shape index (κ1) is 19.5. The van der Waals surface area contributed by atoms with Crippen molar-refractivity contribution in [3.63, 3.8) is 0 Å². The number of rotatable bonds is 6. The first-order valence-electron chi connectivity index (χ1n) is 10.1. The zero-order valence-electron chi connectivity index (χ0n) is 16.2. The molecule has 1 aliphatic heterocycles. The molecule has 156 valence electrons. The molecule has 2 N–H and O–H groups in total. The molecular formula is C21H21N3O4S2. The molecule has 0 unspecified atom stereocenters. The van der Waals surface area contributed by atoms with Gasteiger partial charge in [-0.25, -0.2) is 0 Å². The van der Waals surface area contributed by atoms with Gasteiger partial charge in [-0.05, 0) is 49.1 Å². The Labute approximate surface area is 181 Å². The molecule has 9 heteroatoms. The largest absolute Gasteiger partial charge is 0.376 e. The van der Waals surface area contributed by atoms with Gasteiger partial charge in [0.1, 0.15) is 5.00 Å². The van der Waals surface area contributed by atoms with Crippen LogP contribution in [-0.4, -0.2) is 36.2 Å². The number of aromatic nitrogens is 1. The van der Waals surface area contributed by atoms with Gasteiger partial charge in [0.25, 0.3) is 11.8 Å². The van der Waals surface area contributed by atoms with Crippen LogP contribution in [0.2, 0.25) is 0 Å². The van der Waals surface area contributed by atoms with E-state index in [-0.39, 0.29) is 23.6 Å². The summed E-state index contributed by atoms with van der Waals surface area (Å²) in [4.78, 5) is 27.8. The Morgan fingerprint density at radius 2 is 2.17 bits per heavy atom. The van der Waals surface area contributed by atoms with Gasteiger partial charge in [0.2, 0.25) is 0 Å². The highest BCUT2D eigenvalue weighted by Crippen LogP contribution is 2.39. The van der Waals surface area contributed by atoms with Crippen molar-refractivity contribution in [3.8, 4) is 10.6 Å². The summed E-state index contributed by atoms with van der Waals surface area (Å²) in [6.07, 6.45) is 4.90. The van der Waals surface area contributed by atoms with E-state index in [9.17, 15) is 9.59 Å². The molecule has 0 radical (unpaired) electrons. The number of anilines is 1. The van der Waals surface area contributed by atoms with Crippen molar-refractivity contribution < 1.29 is 18.8 Å². The SMILES string of the molecule is O=C(Nc1sc2c(c1C(=O)NC[C@H]1CCCO1)CCC2)c1cc(-c2cccs2)on1. The summed E-state index contributed by atoms with van der Waals surface area (Å²) >= 11 is 3.00. The molecule has 1 saturated heterocycles. The lowest BCUT2D eigenvalue weighted by atomic mass is 10.1. The van der Waals surface area contributed by atoms with Crippen molar-refractivity contribution in [2.24, 2.45) is 0 Å². The molecule has 30 heavy (non-hydrogen) atoms.